The second-order valence-electron chi connectivity index (χ2n) is 7.76. The Morgan fingerprint density at radius 2 is 1.93 bits per heavy atom. The summed E-state index contributed by atoms with van der Waals surface area (Å²) in [5.41, 5.74) is 1.54. The van der Waals surface area contributed by atoms with Crippen molar-refractivity contribution in [2.45, 2.75) is 45.6 Å². The van der Waals surface area contributed by atoms with Crippen LogP contribution in [-0.2, 0) is 6.42 Å². The van der Waals surface area contributed by atoms with Gasteiger partial charge in [0.15, 0.2) is 0 Å². The van der Waals surface area contributed by atoms with Crippen molar-refractivity contribution in [2.24, 2.45) is 0 Å². The Morgan fingerprint density at radius 3 is 2.66 bits per heavy atom. The van der Waals surface area contributed by atoms with Gasteiger partial charge in [-0.25, -0.2) is 4.98 Å². The van der Waals surface area contributed by atoms with Gasteiger partial charge in [0.05, 0.1) is 23.2 Å². The van der Waals surface area contributed by atoms with Crippen LogP contribution in [0.25, 0.3) is 16.6 Å². The zero-order chi connectivity index (χ0) is 20.2. The number of para-hydroxylation sites is 1. The average molecular weight is 392 g/mol. The molecule has 5 heteroatoms. The number of nitrogens with zero attached hydrogens (tertiary/aromatic N) is 3. The molecular formula is C24H29N3O2. The summed E-state index contributed by atoms with van der Waals surface area (Å²) in [6, 6.07) is 16.0. The highest BCUT2D eigenvalue weighted by Crippen LogP contribution is 2.19. The van der Waals surface area contributed by atoms with Gasteiger partial charge in [-0.1, -0.05) is 19.1 Å². The van der Waals surface area contributed by atoms with Gasteiger partial charge >= 0.3 is 0 Å². The molecule has 4 rings (SSSR count). The van der Waals surface area contributed by atoms with Gasteiger partial charge in [-0.15, -0.1) is 0 Å². The number of ether oxygens (including phenoxy) is 1. The number of hydrogen-bond donors (Lipinski definition) is 0. The van der Waals surface area contributed by atoms with Crippen LogP contribution in [0, 0.1) is 0 Å². The predicted molar refractivity (Wildman–Crippen MR) is 117 cm³/mol. The van der Waals surface area contributed by atoms with E-state index in [0.29, 0.717) is 24.5 Å². The van der Waals surface area contributed by atoms with Gasteiger partial charge in [-0.3, -0.25) is 9.36 Å². The summed E-state index contributed by atoms with van der Waals surface area (Å²) in [6.07, 6.45) is 4.34. The van der Waals surface area contributed by atoms with E-state index in [1.165, 1.54) is 19.4 Å². The van der Waals surface area contributed by atoms with Gasteiger partial charge < -0.3 is 9.64 Å². The Morgan fingerprint density at radius 1 is 1.14 bits per heavy atom. The zero-order valence-corrected chi connectivity index (χ0v) is 17.3. The first-order chi connectivity index (χ1) is 14.2. The van der Waals surface area contributed by atoms with E-state index < -0.39 is 0 Å². The molecule has 0 bridgehead atoms. The highest BCUT2D eigenvalue weighted by molar-refractivity contribution is 5.77. The van der Waals surface area contributed by atoms with Crippen molar-refractivity contribution < 1.29 is 4.74 Å². The lowest BCUT2D eigenvalue weighted by molar-refractivity contribution is 0.230. The molecule has 1 unspecified atom stereocenters. The summed E-state index contributed by atoms with van der Waals surface area (Å²) in [5, 5.41) is 0.640. The Balaban J connectivity index is 1.46. The largest absolute Gasteiger partial charge is 0.494 e. The molecular weight excluding hydrogens is 362 g/mol. The van der Waals surface area contributed by atoms with Crippen LogP contribution < -0.4 is 10.3 Å². The van der Waals surface area contributed by atoms with Crippen molar-refractivity contribution in [2.75, 3.05) is 19.7 Å². The van der Waals surface area contributed by atoms with Crippen molar-refractivity contribution in [1.29, 1.82) is 0 Å². The highest BCUT2D eigenvalue weighted by Gasteiger charge is 2.19. The van der Waals surface area contributed by atoms with E-state index in [4.69, 9.17) is 4.74 Å². The number of fused-ring (bicyclic) bond motifs is 1. The smallest absolute Gasteiger partial charge is 0.265 e. The second kappa shape index (κ2) is 8.78. The molecule has 3 aromatic rings. The summed E-state index contributed by atoms with van der Waals surface area (Å²) in [5.74, 6) is 1.60. The fraction of sp³-hybridized carbons (Fsp3) is 0.417. The second-order valence-corrected chi connectivity index (χ2v) is 7.76. The first kappa shape index (κ1) is 19.6. The first-order valence-electron chi connectivity index (χ1n) is 10.7. The van der Waals surface area contributed by atoms with E-state index >= 15 is 0 Å². The van der Waals surface area contributed by atoms with E-state index in [1.807, 2.05) is 55.5 Å². The van der Waals surface area contributed by atoms with Crippen LogP contribution in [0.5, 0.6) is 5.75 Å². The highest BCUT2D eigenvalue weighted by atomic mass is 16.5. The van der Waals surface area contributed by atoms with Crippen molar-refractivity contribution in [3.05, 3.63) is 64.7 Å². The molecule has 1 atom stereocenters. The number of likely N-dealkylation sites (tertiary alicyclic amines) is 1. The molecule has 1 aromatic heterocycles. The average Bonchev–Trinajstić information content (AvgIpc) is 3.16. The van der Waals surface area contributed by atoms with E-state index in [2.05, 4.69) is 16.8 Å². The molecule has 1 aliphatic rings. The summed E-state index contributed by atoms with van der Waals surface area (Å²) in [6.45, 7) is 7.34. The standard InChI is InChI=1S/C24H29N3O2/c1-3-23-25-22-10-5-4-9-21(22)24(28)27(23)19-11-13-20(14-12-19)29-17-7-16-26-15-6-8-18(26)2/h4-5,9-14,18H,3,6-8,15-17H2,1-2H3. The molecule has 0 aliphatic carbocycles. The van der Waals surface area contributed by atoms with Gasteiger partial charge in [0, 0.05) is 19.0 Å². The molecule has 152 valence electrons. The zero-order valence-electron chi connectivity index (χ0n) is 17.3. The fourth-order valence-corrected chi connectivity index (χ4v) is 4.16. The Kier molecular flexibility index (Phi) is 5.95. The van der Waals surface area contributed by atoms with Crippen LogP contribution in [0.2, 0.25) is 0 Å². The maximum atomic E-state index is 13.0. The third-order valence-corrected chi connectivity index (χ3v) is 5.81. The minimum absolute atomic E-state index is 0.0270. The lowest BCUT2D eigenvalue weighted by atomic mass is 10.2. The minimum Gasteiger partial charge on any atom is -0.494 e. The Bertz CT molecular complexity index is 1030. The van der Waals surface area contributed by atoms with Gasteiger partial charge in [-0.05, 0) is 69.1 Å². The van der Waals surface area contributed by atoms with E-state index in [0.717, 1.165) is 35.7 Å². The third-order valence-electron chi connectivity index (χ3n) is 5.81. The van der Waals surface area contributed by atoms with Crippen LogP contribution in [0.3, 0.4) is 0 Å². The molecule has 5 nitrogen and oxygen atoms in total. The van der Waals surface area contributed by atoms with Crippen LogP contribution >= 0.6 is 0 Å². The monoisotopic (exact) mass is 391 g/mol. The van der Waals surface area contributed by atoms with Crippen molar-refractivity contribution in [3.8, 4) is 11.4 Å². The summed E-state index contributed by atoms with van der Waals surface area (Å²) >= 11 is 0. The van der Waals surface area contributed by atoms with Gasteiger partial charge in [0.2, 0.25) is 0 Å². The van der Waals surface area contributed by atoms with E-state index in [1.54, 1.807) is 4.57 Å². The molecule has 1 fully saturated rings. The molecule has 0 amide bonds. The molecule has 1 aliphatic heterocycles. The van der Waals surface area contributed by atoms with E-state index in [-0.39, 0.29) is 5.56 Å². The van der Waals surface area contributed by atoms with Gasteiger partial charge in [0.1, 0.15) is 11.6 Å². The topological polar surface area (TPSA) is 47.4 Å². The maximum absolute atomic E-state index is 13.0. The molecule has 0 radical (unpaired) electrons. The maximum Gasteiger partial charge on any atom is 0.265 e. The Hall–Kier alpha value is -2.66. The normalized spacial score (nSPS) is 17.1. The number of aryl methyl sites for hydroxylation is 1. The lowest BCUT2D eigenvalue weighted by Gasteiger charge is -2.20. The quantitative estimate of drug-likeness (QED) is 0.566. The molecule has 2 heterocycles. The predicted octanol–water partition coefficient (Wildman–Crippen LogP) is 4.20. The van der Waals surface area contributed by atoms with Crippen molar-refractivity contribution >= 4 is 10.9 Å². The van der Waals surface area contributed by atoms with E-state index in [9.17, 15) is 4.79 Å². The molecule has 1 saturated heterocycles. The lowest BCUT2D eigenvalue weighted by Crippen LogP contribution is -2.28. The molecule has 0 N–H and O–H groups in total. The summed E-state index contributed by atoms with van der Waals surface area (Å²) in [7, 11) is 0. The molecule has 2 aromatic carbocycles. The number of benzene rings is 2. The van der Waals surface area contributed by atoms with Gasteiger partial charge in [0.25, 0.3) is 5.56 Å². The molecule has 0 spiro atoms. The van der Waals surface area contributed by atoms with Gasteiger partial charge in [-0.2, -0.15) is 0 Å². The number of hydrogen-bond acceptors (Lipinski definition) is 4. The van der Waals surface area contributed by atoms with Crippen LogP contribution in [0.4, 0.5) is 0 Å². The third kappa shape index (κ3) is 4.20. The van der Waals surface area contributed by atoms with Crippen molar-refractivity contribution in [1.82, 2.24) is 14.5 Å². The molecule has 0 saturated carbocycles. The molecule has 29 heavy (non-hydrogen) atoms. The van der Waals surface area contributed by atoms with Crippen LogP contribution in [-0.4, -0.2) is 40.2 Å². The fourth-order valence-electron chi connectivity index (χ4n) is 4.16. The SMILES string of the molecule is CCc1nc2ccccc2c(=O)n1-c1ccc(OCCCN2CCCC2C)cc1. The summed E-state index contributed by atoms with van der Waals surface area (Å²) < 4.78 is 7.63. The summed E-state index contributed by atoms with van der Waals surface area (Å²) in [4.78, 5) is 20.3. The minimum atomic E-state index is -0.0270. The Labute approximate surface area is 171 Å². The number of aromatic nitrogens is 2. The van der Waals surface area contributed by atoms with Crippen LogP contribution in [0.1, 0.15) is 38.9 Å². The number of rotatable bonds is 7. The van der Waals surface area contributed by atoms with Crippen molar-refractivity contribution in [3.63, 3.8) is 0 Å². The van der Waals surface area contributed by atoms with Crippen LogP contribution in [0.15, 0.2) is 53.3 Å². The first-order valence-corrected chi connectivity index (χ1v) is 10.7.